The number of anilines is 5. The van der Waals surface area contributed by atoms with Crippen molar-refractivity contribution >= 4 is 46.5 Å². The number of rotatable bonds is 0. The minimum atomic E-state index is -1.80. The largest absolute Gasteiger partial charge is 0.494 e. The van der Waals surface area contributed by atoms with E-state index in [0.717, 1.165) is 6.20 Å². The molecule has 0 fully saturated rings. The Labute approximate surface area is 229 Å². The van der Waals surface area contributed by atoms with Crippen LogP contribution in [-0.2, 0) is 14.4 Å². The Bertz CT molecular complexity index is 1440. The fraction of sp³-hybridized carbons (Fsp3) is 0.296. The highest BCUT2D eigenvalue weighted by molar-refractivity contribution is 6.15. The van der Waals surface area contributed by atoms with Crippen molar-refractivity contribution < 1.29 is 28.2 Å². The van der Waals surface area contributed by atoms with E-state index >= 15 is 0 Å². The second-order valence-corrected chi connectivity index (χ2v) is 9.38. The number of carbonyl (C=O) groups excluding carboxylic acids is 3. The predicted molar refractivity (Wildman–Crippen MR) is 144 cm³/mol. The minimum Gasteiger partial charge on any atom is -0.494 e. The minimum absolute atomic E-state index is 0.0878. The van der Waals surface area contributed by atoms with Gasteiger partial charge in [0, 0.05) is 30.9 Å². The zero-order valence-corrected chi connectivity index (χ0v) is 21.7. The molecule has 40 heavy (non-hydrogen) atoms. The Morgan fingerprint density at radius 3 is 2.50 bits per heavy atom. The maximum atomic E-state index is 14.5. The number of halogens is 1. The van der Waals surface area contributed by atoms with Crippen molar-refractivity contribution in [1.29, 1.82) is 0 Å². The molecular formula is C27H28FN7O5. The maximum absolute atomic E-state index is 14.5. The average molecular weight is 550 g/mol. The molecule has 2 aromatic carbocycles. The molecule has 8 rings (SSSR count). The van der Waals surface area contributed by atoms with Gasteiger partial charge >= 0.3 is 0 Å². The number of hydrogen-bond acceptors (Lipinski definition) is 9. The zero-order valence-electron chi connectivity index (χ0n) is 21.7. The second-order valence-electron chi connectivity index (χ2n) is 9.38. The van der Waals surface area contributed by atoms with Crippen molar-refractivity contribution in [3.8, 4) is 11.5 Å². The van der Waals surface area contributed by atoms with Crippen molar-refractivity contribution in [2.24, 2.45) is 0 Å². The fourth-order valence-electron chi connectivity index (χ4n) is 4.06. The first-order valence-electron chi connectivity index (χ1n) is 12.8. The molecule has 0 aliphatic carbocycles. The molecule has 1 atom stereocenters. The molecule has 5 aliphatic rings. The third-order valence-corrected chi connectivity index (χ3v) is 6.30. The number of nitrogens with one attached hydrogen (secondary N) is 5. The second kappa shape index (κ2) is 11.4. The van der Waals surface area contributed by atoms with E-state index in [0.29, 0.717) is 48.8 Å². The van der Waals surface area contributed by atoms with Crippen LogP contribution in [0.5, 0.6) is 11.5 Å². The van der Waals surface area contributed by atoms with E-state index in [2.05, 4.69) is 36.6 Å². The number of nitrogens with zero attached hydrogens (tertiary/aromatic N) is 2. The molecule has 12 nitrogen and oxygen atoms in total. The molecule has 0 spiro atoms. The Kier molecular flexibility index (Phi) is 7.62. The van der Waals surface area contributed by atoms with Crippen LogP contribution < -0.4 is 36.1 Å². The summed E-state index contributed by atoms with van der Waals surface area (Å²) in [5.74, 6) is -1.10. The quantitative estimate of drug-likeness (QED) is 0.266. The van der Waals surface area contributed by atoms with Crippen molar-refractivity contribution in [2.45, 2.75) is 31.8 Å². The van der Waals surface area contributed by atoms with Gasteiger partial charge in [-0.1, -0.05) is 0 Å². The SMILES string of the molecule is CC12Oc3ccc(cc3NC1=O)Nc1nc(ncc1F)Nc1ccc(cc1)OCCCC(=O)NCCCNC2=O. The summed E-state index contributed by atoms with van der Waals surface area (Å²) in [6, 6.07) is 11.8. The van der Waals surface area contributed by atoms with Crippen molar-refractivity contribution in [3.63, 3.8) is 0 Å². The number of ether oxygens (including phenoxy) is 2. The van der Waals surface area contributed by atoms with Crippen LogP contribution in [0.3, 0.4) is 0 Å². The standard InChI is InChI=1S/C27H28FN7O5/c1-27-24(37)30-12-3-11-29-22(36)4-2-13-39-18-8-5-16(6-9-18)33-26-31-15-19(28)23(35-26)32-17-7-10-21(40-27)20(14-17)34-25(27)38/h5-10,14-15H,2-4,11-13H2,1H3,(H,29,36)(H,30,37)(H,34,38)(H2,31,32,33,35). The van der Waals surface area contributed by atoms with Crippen LogP contribution in [0.25, 0.3) is 0 Å². The van der Waals surface area contributed by atoms with Gasteiger partial charge in [-0.25, -0.2) is 9.37 Å². The molecule has 5 N–H and O–H groups in total. The van der Waals surface area contributed by atoms with E-state index in [1.165, 1.54) is 6.92 Å². The Hall–Kier alpha value is -4.94. The third kappa shape index (κ3) is 6.03. The highest BCUT2D eigenvalue weighted by Gasteiger charge is 2.47. The Balaban J connectivity index is 1.38. The van der Waals surface area contributed by atoms with Gasteiger partial charge in [-0.15, -0.1) is 0 Å². The number of benzene rings is 2. The van der Waals surface area contributed by atoms with E-state index < -0.39 is 23.2 Å². The van der Waals surface area contributed by atoms with Crippen LogP contribution in [0.2, 0.25) is 0 Å². The molecule has 0 saturated heterocycles. The summed E-state index contributed by atoms with van der Waals surface area (Å²) in [6.07, 6.45) is 2.32. The molecular weight excluding hydrogens is 521 g/mol. The first-order valence-corrected chi connectivity index (χ1v) is 12.8. The fourth-order valence-corrected chi connectivity index (χ4v) is 4.06. The van der Waals surface area contributed by atoms with Gasteiger partial charge in [0.2, 0.25) is 11.9 Å². The van der Waals surface area contributed by atoms with Crippen LogP contribution >= 0.6 is 0 Å². The highest BCUT2D eigenvalue weighted by Crippen LogP contribution is 2.36. The normalized spacial score (nSPS) is 19.8. The number of carbonyl (C=O) groups is 3. The molecule has 6 heterocycles. The molecule has 3 aromatic rings. The van der Waals surface area contributed by atoms with E-state index in [9.17, 15) is 18.8 Å². The molecule has 8 bridgehead atoms. The van der Waals surface area contributed by atoms with Crippen LogP contribution in [0, 0.1) is 5.82 Å². The van der Waals surface area contributed by atoms with E-state index in [1.807, 2.05) is 0 Å². The van der Waals surface area contributed by atoms with Gasteiger partial charge in [0.15, 0.2) is 11.6 Å². The molecule has 208 valence electrons. The van der Waals surface area contributed by atoms with Crippen LogP contribution in [0.4, 0.5) is 33.2 Å². The lowest BCUT2D eigenvalue weighted by Gasteiger charge is -2.33. The molecule has 13 heteroatoms. The number of amides is 3. The van der Waals surface area contributed by atoms with Gasteiger partial charge in [0.05, 0.1) is 18.5 Å². The molecule has 0 radical (unpaired) electrons. The summed E-state index contributed by atoms with van der Waals surface area (Å²) in [5.41, 5.74) is -0.414. The van der Waals surface area contributed by atoms with Gasteiger partial charge in [-0.3, -0.25) is 14.4 Å². The lowest BCUT2D eigenvalue weighted by atomic mass is 10.0. The first kappa shape index (κ1) is 26.7. The lowest BCUT2D eigenvalue weighted by Crippen LogP contribution is -2.58. The first-order chi connectivity index (χ1) is 19.3. The monoisotopic (exact) mass is 549 g/mol. The summed E-state index contributed by atoms with van der Waals surface area (Å²) in [5, 5.41) is 14.1. The third-order valence-electron chi connectivity index (χ3n) is 6.30. The van der Waals surface area contributed by atoms with Crippen LogP contribution in [-0.4, -0.2) is 53.0 Å². The van der Waals surface area contributed by atoms with Crippen molar-refractivity contribution in [1.82, 2.24) is 20.6 Å². The molecule has 1 aromatic heterocycles. The lowest BCUT2D eigenvalue weighted by molar-refractivity contribution is -0.146. The zero-order chi connectivity index (χ0) is 28.1. The van der Waals surface area contributed by atoms with Gasteiger partial charge < -0.3 is 36.1 Å². The Morgan fingerprint density at radius 2 is 1.68 bits per heavy atom. The number of hydrogen-bond donors (Lipinski definition) is 5. The number of aromatic nitrogens is 2. The van der Waals surface area contributed by atoms with Crippen molar-refractivity contribution in [2.75, 3.05) is 35.6 Å². The molecule has 0 saturated carbocycles. The van der Waals surface area contributed by atoms with E-state index in [1.54, 1.807) is 42.5 Å². The highest BCUT2D eigenvalue weighted by atomic mass is 19.1. The summed E-state index contributed by atoms with van der Waals surface area (Å²) in [4.78, 5) is 46.0. The predicted octanol–water partition coefficient (Wildman–Crippen LogP) is 2.99. The summed E-state index contributed by atoms with van der Waals surface area (Å²) in [7, 11) is 0. The Morgan fingerprint density at radius 1 is 0.900 bits per heavy atom. The average Bonchev–Trinajstić information content (AvgIpc) is 2.94. The maximum Gasteiger partial charge on any atom is 0.278 e. The summed E-state index contributed by atoms with van der Waals surface area (Å²) >= 11 is 0. The van der Waals surface area contributed by atoms with Crippen LogP contribution in [0.1, 0.15) is 26.2 Å². The van der Waals surface area contributed by atoms with Gasteiger partial charge in [0.1, 0.15) is 11.5 Å². The molecule has 3 amide bonds. The smallest absolute Gasteiger partial charge is 0.278 e. The van der Waals surface area contributed by atoms with Crippen molar-refractivity contribution in [3.05, 3.63) is 54.5 Å². The van der Waals surface area contributed by atoms with Crippen LogP contribution in [0.15, 0.2) is 48.7 Å². The van der Waals surface area contributed by atoms with E-state index in [-0.39, 0.29) is 36.4 Å². The molecule has 5 aliphatic heterocycles. The van der Waals surface area contributed by atoms with Gasteiger partial charge in [-0.05, 0) is 62.2 Å². The van der Waals surface area contributed by atoms with Gasteiger partial charge in [0.25, 0.3) is 17.4 Å². The molecule has 1 unspecified atom stereocenters. The summed E-state index contributed by atoms with van der Waals surface area (Å²) < 4.78 is 26.1. The topological polar surface area (TPSA) is 156 Å². The van der Waals surface area contributed by atoms with E-state index in [4.69, 9.17) is 9.47 Å². The summed E-state index contributed by atoms with van der Waals surface area (Å²) in [6.45, 7) is 2.34. The van der Waals surface area contributed by atoms with Gasteiger partial charge in [-0.2, -0.15) is 4.98 Å².